The van der Waals surface area contributed by atoms with Crippen molar-refractivity contribution in [2.24, 2.45) is 7.05 Å². The second kappa shape index (κ2) is 6.83. The zero-order chi connectivity index (χ0) is 20.9. The average Bonchev–Trinajstić information content (AvgIpc) is 2.51. The Bertz CT molecular complexity index is 1050. The smallest absolute Gasteiger partial charge is 0.299 e. The Labute approximate surface area is 161 Å². The van der Waals surface area contributed by atoms with Crippen molar-refractivity contribution in [3.63, 3.8) is 0 Å². The van der Waals surface area contributed by atoms with Gasteiger partial charge in [0.15, 0.2) is 0 Å². The van der Waals surface area contributed by atoms with E-state index in [1.807, 2.05) is 0 Å². The lowest BCUT2D eigenvalue weighted by Crippen LogP contribution is -2.41. The first-order valence-electron chi connectivity index (χ1n) is 7.60. The Kier molecular flexibility index (Phi) is 5.38. The van der Waals surface area contributed by atoms with E-state index in [0.29, 0.717) is 15.2 Å². The minimum Gasteiger partial charge on any atom is -0.299 e. The Balaban J connectivity index is 2.89. The lowest BCUT2D eigenvalue weighted by Gasteiger charge is -2.24. The van der Waals surface area contributed by atoms with E-state index in [1.54, 1.807) is 0 Å². The molecule has 0 spiro atoms. The van der Waals surface area contributed by atoms with Crippen LogP contribution < -0.4 is 11.2 Å². The molecular formula is C17H15Cl2F3N2O3. The van der Waals surface area contributed by atoms with Crippen molar-refractivity contribution in [2.45, 2.75) is 31.6 Å². The van der Waals surface area contributed by atoms with Crippen LogP contribution >= 0.6 is 23.2 Å². The number of nitrogens with zero attached hydrogens (tertiary/aromatic N) is 2. The second-order valence-corrected chi connectivity index (χ2v) is 7.39. The molecule has 0 saturated carbocycles. The van der Waals surface area contributed by atoms with Gasteiger partial charge in [0, 0.05) is 23.6 Å². The van der Waals surface area contributed by atoms with Crippen molar-refractivity contribution < 1.29 is 18.0 Å². The van der Waals surface area contributed by atoms with Crippen LogP contribution in [-0.2, 0) is 22.6 Å². The van der Waals surface area contributed by atoms with E-state index in [1.165, 1.54) is 20.8 Å². The predicted molar refractivity (Wildman–Crippen MR) is 95.7 cm³/mol. The second-order valence-electron chi connectivity index (χ2n) is 6.51. The largest absolute Gasteiger partial charge is 0.363 e. The van der Waals surface area contributed by atoms with Gasteiger partial charge in [-0.25, -0.2) is 13.8 Å². The number of halogens is 5. The van der Waals surface area contributed by atoms with E-state index < -0.39 is 39.2 Å². The molecule has 0 aliphatic rings. The maximum atomic E-state index is 14.5. The summed E-state index contributed by atoms with van der Waals surface area (Å²) in [6, 6.07) is 2.38. The van der Waals surface area contributed by atoms with Crippen LogP contribution in [0, 0.1) is 5.82 Å². The summed E-state index contributed by atoms with van der Waals surface area (Å²) in [6.07, 6.45) is 0. The molecule has 1 aromatic carbocycles. The fourth-order valence-corrected chi connectivity index (χ4v) is 3.06. The summed E-state index contributed by atoms with van der Waals surface area (Å²) in [5.41, 5.74) is -4.95. The third-order valence-electron chi connectivity index (χ3n) is 4.44. The maximum Gasteiger partial charge on any atom is 0.363 e. The molecule has 0 aliphatic heterocycles. The van der Waals surface area contributed by atoms with Crippen molar-refractivity contribution >= 4 is 29.0 Å². The molecule has 0 fully saturated rings. The summed E-state index contributed by atoms with van der Waals surface area (Å²) in [5, 5.41) is -4.04. The zero-order valence-electron chi connectivity index (χ0n) is 14.7. The van der Waals surface area contributed by atoms with Crippen LogP contribution in [0.3, 0.4) is 0 Å². The Morgan fingerprint density at radius 3 is 2.19 bits per heavy atom. The molecule has 146 valence electrons. The summed E-state index contributed by atoms with van der Waals surface area (Å²) in [6.45, 7) is 4.38. The molecule has 0 unspecified atom stereocenters. The molecule has 2 aromatic rings. The molecule has 2 rings (SSSR count). The van der Waals surface area contributed by atoms with Gasteiger partial charge in [0.05, 0.1) is 5.69 Å². The summed E-state index contributed by atoms with van der Waals surface area (Å²) in [5.74, 6) is -1.33. The first kappa shape index (κ1) is 21.2. The number of hydrogen-bond acceptors (Lipinski definition) is 3. The van der Waals surface area contributed by atoms with Gasteiger partial charge >= 0.3 is 11.1 Å². The predicted octanol–water partition coefficient (Wildman–Crippen LogP) is 3.48. The van der Waals surface area contributed by atoms with E-state index in [4.69, 9.17) is 23.2 Å². The first-order chi connectivity index (χ1) is 12.2. The highest BCUT2D eigenvalue weighted by molar-refractivity contribution is 6.31. The lowest BCUT2D eigenvalue weighted by molar-refractivity contribution is -0.121. The number of Topliss-reactive ketones (excluding diaryl/α,β-unsaturated/α-hetero) is 1. The van der Waals surface area contributed by atoms with Gasteiger partial charge < -0.3 is 0 Å². The number of alkyl halides is 3. The molecule has 0 amide bonds. The molecule has 0 aliphatic carbocycles. The van der Waals surface area contributed by atoms with Crippen molar-refractivity contribution in [2.75, 3.05) is 0 Å². The van der Waals surface area contributed by atoms with Crippen LogP contribution in [0.2, 0.25) is 5.02 Å². The molecule has 5 nitrogen and oxygen atoms in total. The summed E-state index contributed by atoms with van der Waals surface area (Å²) >= 11 is 10.9. The number of hydrogen-bond donors (Lipinski definition) is 0. The van der Waals surface area contributed by atoms with E-state index in [2.05, 4.69) is 0 Å². The van der Waals surface area contributed by atoms with Crippen molar-refractivity contribution in [3.05, 3.63) is 61.1 Å². The summed E-state index contributed by atoms with van der Waals surface area (Å²) < 4.78 is 42.1. The highest BCUT2D eigenvalue weighted by Crippen LogP contribution is 2.34. The summed E-state index contributed by atoms with van der Waals surface area (Å²) in [7, 11) is 0.970. The van der Waals surface area contributed by atoms with Gasteiger partial charge in [0.2, 0.25) is 0 Å². The minimum atomic E-state index is -3.97. The average molecular weight is 423 g/mol. The van der Waals surface area contributed by atoms with E-state index in [9.17, 15) is 27.6 Å². The highest BCUT2D eigenvalue weighted by atomic mass is 35.5. The van der Waals surface area contributed by atoms with E-state index in [-0.39, 0.29) is 16.4 Å². The minimum absolute atomic E-state index is 0.0785. The van der Waals surface area contributed by atoms with E-state index >= 15 is 0 Å². The summed E-state index contributed by atoms with van der Waals surface area (Å²) in [4.78, 5) is 36.6. The van der Waals surface area contributed by atoms with E-state index in [0.717, 1.165) is 19.2 Å². The van der Waals surface area contributed by atoms with Crippen molar-refractivity contribution in [1.82, 2.24) is 9.13 Å². The molecule has 0 bridgehead atoms. The van der Waals surface area contributed by atoms with Crippen LogP contribution in [0.1, 0.15) is 32.0 Å². The van der Waals surface area contributed by atoms with Crippen LogP contribution in [-0.4, -0.2) is 14.9 Å². The van der Waals surface area contributed by atoms with Crippen LogP contribution in [0.5, 0.6) is 0 Å². The molecule has 27 heavy (non-hydrogen) atoms. The SMILES string of the molecule is CC(=O)C(C)(C)c1cc(-n2c(=O)cc(C(F)(F)Cl)n(C)c2=O)c(F)cc1Cl. The highest BCUT2D eigenvalue weighted by Gasteiger charge is 2.34. The normalized spacial score (nSPS) is 12.3. The molecule has 0 atom stereocenters. The molecule has 0 saturated heterocycles. The van der Waals surface area contributed by atoms with Gasteiger partial charge in [-0.1, -0.05) is 11.6 Å². The van der Waals surface area contributed by atoms with Gasteiger partial charge in [-0.2, -0.15) is 8.78 Å². The maximum absolute atomic E-state index is 14.5. The molecule has 0 radical (unpaired) electrons. The zero-order valence-corrected chi connectivity index (χ0v) is 16.3. The number of benzene rings is 1. The van der Waals surface area contributed by atoms with Crippen LogP contribution in [0.4, 0.5) is 13.2 Å². The molecular weight excluding hydrogens is 408 g/mol. The first-order valence-corrected chi connectivity index (χ1v) is 8.36. The van der Waals surface area contributed by atoms with Gasteiger partial charge in [0.1, 0.15) is 17.3 Å². The van der Waals surface area contributed by atoms with Gasteiger partial charge in [-0.3, -0.25) is 14.2 Å². The Morgan fingerprint density at radius 2 is 1.70 bits per heavy atom. The Hall–Kier alpha value is -2.06. The third-order valence-corrected chi connectivity index (χ3v) is 4.95. The van der Waals surface area contributed by atoms with Gasteiger partial charge in [-0.15, -0.1) is 0 Å². The number of aromatic nitrogens is 2. The molecule has 10 heteroatoms. The monoisotopic (exact) mass is 422 g/mol. The topological polar surface area (TPSA) is 61.1 Å². The molecule has 0 N–H and O–H groups in total. The van der Waals surface area contributed by atoms with Crippen molar-refractivity contribution in [3.8, 4) is 5.69 Å². The Morgan fingerprint density at radius 1 is 1.15 bits per heavy atom. The van der Waals surface area contributed by atoms with Crippen LogP contribution in [0.15, 0.2) is 27.8 Å². The third kappa shape index (κ3) is 3.68. The molecule has 1 heterocycles. The number of carbonyl (C=O) groups excluding carboxylic acids is 1. The molecule has 1 aromatic heterocycles. The fourth-order valence-electron chi connectivity index (χ4n) is 2.50. The number of rotatable bonds is 4. The van der Waals surface area contributed by atoms with Crippen molar-refractivity contribution in [1.29, 1.82) is 0 Å². The quantitative estimate of drug-likeness (QED) is 0.708. The lowest BCUT2D eigenvalue weighted by atomic mass is 9.81. The standard InChI is InChI=1S/C17H15Cl2F3N2O3/c1-8(25)16(2,3)9-5-12(11(20)6-10(9)18)24-14(26)7-13(17(19,21)22)23(4)15(24)27/h5-7H,1-4H3. The van der Waals surface area contributed by atoms with Crippen LogP contribution in [0.25, 0.3) is 5.69 Å². The number of ketones is 1. The van der Waals surface area contributed by atoms with Gasteiger partial charge in [-0.05, 0) is 50.1 Å². The number of carbonyl (C=O) groups is 1. The fraction of sp³-hybridized carbons (Fsp3) is 0.353. The van der Waals surface area contributed by atoms with Gasteiger partial charge in [0.25, 0.3) is 5.56 Å².